The van der Waals surface area contributed by atoms with Gasteiger partial charge in [-0.1, -0.05) is 30.3 Å². The van der Waals surface area contributed by atoms with E-state index in [1.54, 1.807) is 18.2 Å². The molecule has 1 saturated carbocycles. The maximum absolute atomic E-state index is 13.3. The number of carbonyl (C=O) groups excluding carboxylic acids is 1. The minimum absolute atomic E-state index is 0.0337. The molecule has 9 nitrogen and oxygen atoms in total. The summed E-state index contributed by atoms with van der Waals surface area (Å²) >= 11 is 0. The molecule has 0 spiro atoms. The maximum atomic E-state index is 13.3. The van der Waals surface area contributed by atoms with Crippen LogP contribution < -0.4 is 14.9 Å². The first-order valence-electron chi connectivity index (χ1n) is 15.2. The lowest BCUT2D eigenvalue weighted by Gasteiger charge is -2.34. The van der Waals surface area contributed by atoms with Gasteiger partial charge in [0.25, 0.3) is 0 Å². The number of piperazine rings is 1. The number of rotatable bonds is 8. The van der Waals surface area contributed by atoms with Crippen LogP contribution in [0.2, 0.25) is 0 Å². The number of carbonyl (C=O) groups is 1. The van der Waals surface area contributed by atoms with Gasteiger partial charge in [0, 0.05) is 49.4 Å². The first-order chi connectivity index (χ1) is 20.7. The van der Waals surface area contributed by atoms with Crippen molar-refractivity contribution < 1.29 is 13.2 Å². The van der Waals surface area contributed by atoms with Crippen LogP contribution in [0, 0.1) is 5.92 Å². The Morgan fingerprint density at radius 2 is 1.63 bits per heavy atom. The quantitative estimate of drug-likeness (QED) is 0.271. The largest absolute Gasteiger partial charge is 0.369 e. The molecule has 2 fully saturated rings. The number of imidazole rings is 1. The van der Waals surface area contributed by atoms with Gasteiger partial charge in [-0.25, -0.2) is 18.1 Å². The third kappa shape index (κ3) is 6.76. The van der Waals surface area contributed by atoms with E-state index in [-0.39, 0.29) is 28.8 Å². The third-order valence-corrected chi connectivity index (χ3v) is 10.4. The van der Waals surface area contributed by atoms with Crippen LogP contribution >= 0.6 is 0 Å². The number of anilines is 1. The molecule has 0 unspecified atom stereocenters. The molecule has 0 radical (unpaired) electrons. The van der Waals surface area contributed by atoms with Crippen molar-refractivity contribution in [2.75, 3.05) is 38.1 Å². The second kappa shape index (κ2) is 12.5. The number of nitrogens with one attached hydrogen (secondary N) is 3. The van der Waals surface area contributed by atoms with E-state index < -0.39 is 10.0 Å². The lowest BCUT2D eigenvalue weighted by molar-refractivity contribution is -0.126. The van der Waals surface area contributed by atoms with Crippen molar-refractivity contribution >= 4 is 32.7 Å². The number of fused-ring (bicyclic) bond motifs is 1. The van der Waals surface area contributed by atoms with Crippen molar-refractivity contribution in [1.82, 2.24) is 24.9 Å². The molecule has 1 atom stereocenters. The highest BCUT2D eigenvalue weighted by molar-refractivity contribution is 7.89. The summed E-state index contributed by atoms with van der Waals surface area (Å²) in [4.78, 5) is 25.8. The molecule has 3 N–H and O–H groups in total. The monoisotopic (exact) mass is 600 g/mol. The zero-order valence-electron chi connectivity index (χ0n) is 24.8. The van der Waals surface area contributed by atoms with Gasteiger partial charge in [-0.3, -0.25) is 4.79 Å². The topological polar surface area (TPSA) is 110 Å². The summed E-state index contributed by atoms with van der Waals surface area (Å²) in [5, 5.41) is 3.11. The van der Waals surface area contributed by atoms with Crippen LogP contribution in [0.4, 0.5) is 5.69 Å². The van der Waals surface area contributed by atoms with Gasteiger partial charge in [0.15, 0.2) is 0 Å². The molecular weight excluding hydrogens is 560 g/mol. The molecule has 1 amide bonds. The van der Waals surface area contributed by atoms with E-state index in [0.717, 1.165) is 42.8 Å². The van der Waals surface area contributed by atoms with Crippen LogP contribution in [0.1, 0.15) is 44.2 Å². The number of hydrogen-bond acceptors (Lipinski definition) is 6. The first-order valence-corrected chi connectivity index (χ1v) is 16.6. The van der Waals surface area contributed by atoms with Crippen LogP contribution in [-0.4, -0.2) is 68.5 Å². The summed E-state index contributed by atoms with van der Waals surface area (Å²) in [6.07, 6.45) is 2.54. The van der Waals surface area contributed by atoms with E-state index in [1.807, 2.05) is 37.3 Å². The van der Waals surface area contributed by atoms with Gasteiger partial charge in [0.1, 0.15) is 5.82 Å². The van der Waals surface area contributed by atoms with Crippen molar-refractivity contribution in [2.45, 2.75) is 49.6 Å². The minimum Gasteiger partial charge on any atom is -0.369 e. The molecule has 6 rings (SSSR count). The Morgan fingerprint density at radius 3 is 2.33 bits per heavy atom. The van der Waals surface area contributed by atoms with Gasteiger partial charge >= 0.3 is 0 Å². The van der Waals surface area contributed by atoms with E-state index in [4.69, 9.17) is 4.98 Å². The normalized spacial score (nSPS) is 20.7. The number of nitrogens with zero attached hydrogens (tertiary/aromatic N) is 3. The standard InChI is InChI=1S/C33H40N6O3S/c1-23(24-6-4-3-5-7-24)34-33(40)26-8-12-27(13-9-26)37-43(41,42)29-16-17-30-31(22-29)36-32(35-30)25-10-14-28(15-11-25)39-20-18-38(2)19-21-39/h3-7,10-11,14-17,22-23,26-27,37H,8-9,12-13,18-21H2,1-2H3,(H,34,40)(H,35,36)/t23-,26-,27-/m1/s1. The second-order valence-corrected chi connectivity index (χ2v) is 13.6. The predicted octanol–water partition coefficient (Wildman–Crippen LogP) is 4.70. The molecule has 0 bridgehead atoms. The van der Waals surface area contributed by atoms with Crippen molar-refractivity contribution in [3.63, 3.8) is 0 Å². The van der Waals surface area contributed by atoms with E-state index in [9.17, 15) is 13.2 Å². The van der Waals surface area contributed by atoms with Crippen LogP contribution in [0.5, 0.6) is 0 Å². The van der Waals surface area contributed by atoms with Gasteiger partial charge in [-0.05, 0) is 87.7 Å². The Bertz CT molecular complexity index is 1660. The smallest absolute Gasteiger partial charge is 0.240 e. The molecule has 43 heavy (non-hydrogen) atoms. The van der Waals surface area contributed by atoms with Crippen LogP contribution in [0.25, 0.3) is 22.4 Å². The average Bonchev–Trinajstić information content (AvgIpc) is 3.46. The number of aromatic amines is 1. The lowest BCUT2D eigenvalue weighted by atomic mass is 9.85. The number of likely N-dealkylation sites (N-methyl/N-ethyl adjacent to an activating group) is 1. The lowest BCUT2D eigenvalue weighted by Crippen LogP contribution is -2.44. The van der Waals surface area contributed by atoms with Crippen LogP contribution in [-0.2, 0) is 14.8 Å². The molecule has 3 aromatic carbocycles. The Labute approximate surface area is 253 Å². The zero-order valence-corrected chi connectivity index (χ0v) is 25.6. The Hall–Kier alpha value is -3.73. The van der Waals surface area contributed by atoms with E-state index in [0.29, 0.717) is 37.0 Å². The molecule has 2 aliphatic rings. The number of H-pyrrole nitrogens is 1. The highest BCUT2D eigenvalue weighted by Crippen LogP contribution is 2.28. The fourth-order valence-electron chi connectivity index (χ4n) is 6.10. The summed E-state index contributed by atoms with van der Waals surface area (Å²) in [6.45, 7) is 6.11. The minimum atomic E-state index is -3.73. The second-order valence-electron chi connectivity index (χ2n) is 11.9. The molecule has 1 aliphatic carbocycles. The number of amides is 1. The van der Waals surface area contributed by atoms with Crippen molar-refractivity contribution in [3.05, 3.63) is 78.4 Å². The SMILES string of the molecule is C[C@@H](NC(=O)[C@H]1CC[C@H](NS(=O)(=O)c2ccc3[nH]c(-c4ccc(N5CCN(C)CC5)cc4)nc3c2)CC1)c1ccccc1. The highest BCUT2D eigenvalue weighted by atomic mass is 32.2. The molecule has 1 aromatic heterocycles. The predicted molar refractivity (Wildman–Crippen MR) is 170 cm³/mol. The fraction of sp³-hybridized carbons (Fsp3) is 0.394. The van der Waals surface area contributed by atoms with Crippen molar-refractivity contribution in [1.29, 1.82) is 0 Å². The van der Waals surface area contributed by atoms with Crippen LogP contribution in [0.3, 0.4) is 0 Å². The summed E-state index contributed by atoms with van der Waals surface area (Å²) in [6, 6.07) is 23.0. The van der Waals surface area contributed by atoms with Crippen molar-refractivity contribution in [3.8, 4) is 11.4 Å². The number of benzene rings is 3. The molecule has 4 aromatic rings. The Balaban J connectivity index is 1.06. The molecule has 2 heterocycles. The summed E-state index contributed by atoms with van der Waals surface area (Å²) in [7, 11) is -1.59. The van der Waals surface area contributed by atoms with E-state index >= 15 is 0 Å². The Kier molecular flexibility index (Phi) is 8.52. The average molecular weight is 601 g/mol. The van der Waals surface area contributed by atoms with Gasteiger partial charge in [-0.15, -0.1) is 0 Å². The van der Waals surface area contributed by atoms with Gasteiger partial charge in [0.05, 0.1) is 22.0 Å². The molecular formula is C33H40N6O3S. The summed E-state index contributed by atoms with van der Waals surface area (Å²) in [5.74, 6) is 0.633. The van der Waals surface area contributed by atoms with E-state index in [1.165, 1.54) is 5.69 Å². The maximum Gasteiger partial charge on any atom is 0.240 e. The van der Waals surface area contributed by atoms with E-state index in [2.05, 4.69) is 56.1 Å². The molecule has 10 heteroatoms. The molecule has 1 aliphatic heterocycles. The third-order valence-electron chi connectivity index (χ3n) is 8.85. The number of sulfonamides is 1. The van der Waals surface area contributed by atoms with Crippen LogP contribution in [0.15, 0.2) is 77.7 Å². The summed E-state index contributed by atoms with van der Waals surface area (Å²) in [5.41, 5.74) is 4.61. The van der Waals surface area contributed by atoms with Gasteiger partial charge in [-0.2, -0.15) is 0 Å². The van der Waals surface area contributed by atoms with Gasteiger partial charge < -0.3 is 20.1 Å². The van der Waals surface area contributed by atoms with Crippen molar-refractivity contribution in [2.24, 2.45) is 5.92 Å². The molecule has 1 saturated heterocycles. The Morgan fingerprint density at radius 1 is 0.930 bits per heavy atom. The number of aromatic nitrogens is 2. The fourth-order valence-corrected chi connectivity index (χ4v) is 7.43. The first kappa shape index (κ1) is 29.3. The summed E-state index contributed by atoms with van der Waals surface area (Å²) < 4.78 is 29.5. The highest BCUT2D eigenvalue weighted by Gasteiger charge is 2.30. The zero-order chi connectivity index (χ0) is 30.0. The molecule has 226 valence electrons. The van der Waals surface area contributed by atoms with Gasteiger partial charge in [0.2, 0.25) is 15.9 Å². The number of hydrogen-bond donors (Lipinski definition) is 3.